The lowest BCUT2D eigenvalue weighted by molar-refractivity contribution is -0.122. The van der Waals surface area contributed by atoms with Crippen molar-refractivity contribution in [1.82, 2.24) is 10.2 Å². The second-order valence-corrected chi connectivity index (χ2v) is 4.68. The van der Waals surface area contributed by atoms with Gasteiger partial charge in [0.05, 0.1) is 6.54 Å². The van der Waals surface area contributed by atoms with Crippen LogP contribution < -0.4 is 11.1 Å². The SMILES string of the molecule is NCCNC(=O)CN1CCCC1c1ccccc1. The van der Waals surface area contributed by atoms with Crippen LogP contribution in [-0.2, 0) is 4.79 Å². The van der Waals surface area contributed by atoms with Gasteiger partial charge in [-0.25, -0.2) is 0 Å². The van der Waals surface area contributed by atoms with Crippen LogP contribution in [0, 0.1) is 0 Å². The first-order valence-corrected chi connectivity index (χ1v) is 6.57. The molecule has 0 spiro atoms. The van der Waals surface area contributed by atoms with Gasteiger partial charge in [0.25, 0.3) is 0 Å². The predicted molar refractivity (Wildman–Crippen MR) is 72.1 cm³/mol. The maximum absolute atomic E-state index is 11.7. The third-order valence-electron chi connectivity index (χ3n) is 3.36. The Bertz CT molecular complexity index is 380. The lowest BCUT2D eigenvalue weighted by Crippen LogP contribution is -2.38. The van der Waals surface area contributed by atoms with Crippen LogP contribution in [0.1, 0.15) is 24.4 Å². The van der Waals surface area contributed by atoms with E-state index >= 15 is 0 Å². The van der Waals surface area contributed by atoms with E-state index in [4.69, 9.17) is 5.73 Å². The molecule has 1 fully saturated rings. The van der Waals surface area contributed by atoms with Crippen molar-refractivity contribution in [2.24, 2.45) is 5.73 Å². The summed E-state index contributed by atoms with van der Waals surface area (Å²) in [6.45, 7) is 2.52. The molecule has 98 valence electrons. The summed E-state index contributed by atoms with van der Waals surface area (Å²) in [6.07, 6.45) is 2.29. The number of nitrogens with two attached hydrogens (primary N) is 1. The van der Waals surface area contributed by atoms with Gasteiger partial charge in [-0.2, -0.15) is 0 Å². The van der Waals surface area contributed by atoms with Crippen LogP contribution >= 0.6 is 0 Å². The summed E-state index contributed by atoms with van der Waals surface area (Å²) in [5.74, 6) is 0.0725. The molecule has 18 heavy (non-hydrogen) atoms. The summed E-state index contributed by atoms with van der Waals surface area (Å²) in [4.78, 5) is 14.0. The Morgan fingerprint density at radius 2 is 2.17 bits per heavy atom. The molecule has 1 unspecified atom stereocenters. The first-order valence-electron chi connectivity index (χ1n) is 6.57. The van der Waals surface area contributed by atoms with E-state index in [1.54, 1.807) is 0 Å². The van der Waals surface area contributed by atoms with Crippen molar-refractivity contribution in [2.45, 2.75) is 18.9 Å². The molecule has 1 heterocycles. The fourth-order valence-corrected chi connectivity index (χ4v) is 2.52. The fraction of sp³-hybridized carbons (Fsp3) is 0.500. The molecule has 1 aliphatic rings. The van der Waals surface area contributed by atoms with Crippen LogP contribution in [0.2, 0.25) is 0 Å². The first-order chi connectivity index (χ1) is 8.81. The lowest BCUT2D eigenvalue weighted by atomic mass is 10.0. The van der Waals surface area contributed by atoms with Gasteiger partial charge in [-0.1, -0.05) is 30.3 Å². The molecule has 0 radical (unpaired) electrons. The minimum absolute atomic E-state index is 0.0725. The molecule has 2 rings (SSSR count). The number of rotatable bonds is 5. The van der Waals surface area contributed by atoms with Gasteiger partial charge in [0.1, 0.15) is 0 Å². The van der Waals surface area contributed by atoms with Crippen LogP contribution in [0.25, 0.3) is 0 Å². The number of hydrogen-bond acceptors (Lipinski definition) is 3. The fourth-order valence-electron chi connectivity index (χ4n) is 2.52. The minimum atomic E-state index is 0.0725. The standard InChI is InChI=1S/C14H21N3O/c15-8-9-16-14(18)11-17-10-4-7-13(17)12-5-2-1-3-6-12/h1-3,5-6,13H,4,7-11,15H2,(H,16,18). The zero-order valence-electron chi connectivity index (χ0n) is 10.6. The van der Waals surface area contributed by atoms with Crippen molar-refractivity contribution in [3.8, 4) is 0 Å². The quantitative estimate of drug-likeness (QED) is 0.812. The number of benzene rings is 1. The van der Waals surface area contributed by atoms with Crippen LogP contribution in [0.4, 0.5) is 0 Å². The highest BCUT2D eigenvalue weighted by Crippen LogP contribution is 2.31. The highest BCUT2D eigenvalue weighted by atomic mass is 16.2. The van der Waals surface area contributed by atoms with E-state index < -0.39 is 0 Å². The number of carbonyl (C=O) groups excluding carboxylic acids is 1. The molecule has 0 aromatic heterocycles. The zero-order chi connectivity index (χ0) is 12.8. The third-order valence-corrected chi connectivity index (χ3v) is 3.36. The van der Waals surface area contributed by atoms with E-state index in [1.165, 1.54) is 5.56 Å². The molecule has 1 atom stereocenters. The molecule has 4 heteroatoms. The highest BCUT2D eigenvalue weighted by molar-refractivity contribution is 5.78. The molecule has 0 saturated carbocycles. The second-order valence-electron chi connectivity index (χ2n) is 4.68. The Balaban J connectivity index is 1.94. The van der Waals surface area contributed by atoms with E-state index in [9.17, 15) is 4.79 Å². The van der Waals surface area contributed by atoms with Gasteiger partial charge in [0.2, 0.25) is 5.91 Å². The molecule has 1 aromatic carbocycles. The Morgan fingerprint density at radius 1 is 1.39 bits per heavy atom. The van der Waals surface area contributed by atoms with Gasteiger partial charge in [0.15, 0.2) is 0 Å². The highest BCUT2D eigenvalue weighted by Gasteiger charge is 2.27. The summed E-state index contributed by atoms with van der Waals surface area (Å²) in [5.41, 5.74) is 6.68. The average Bonchev–Trinajstić information content (AvgIpc) is 2.85. The number of hydrogen-bond donors (Lipinski definition) is 2. The molecule has 4 nitrogen and oxygen atoms in total. The normalized spacial score (nSPS) is 19.9. The molecule has 0 bridgehead atoms. The monoisotopic (exact) mass is 247 g/mol. The molecule has 1 saturated heterocycles. The van der Waals surface area contributed by atoms with E-state index in [-0.39, 0.29) is 5.91 Å². The molecular formula is C14H21N3O. The Labute approximate surface area is 108 Å². The summed E-state index contributed by atoms with van der Waals surface area (Å²) in [7, 11) is 0. The molecule has 1 aliphatic heterocycles. The summed E-state index contributed by atoms with van der Waals surface area (Å²) >= 11 is 0. The number of nitrogens with zero attached hydrogens (tertiary/aromatic N) is 1. The largest absolute Gasteiger partial charge is 0.354 e. The van der Waals surface area contributed by atoms with Crippen LogP contribution in [0.3, 0.4) is 0 Å². The van der Waals surface area contributed by atoms with Crippen molar-refractivity contribution in [3.63, 3.8) is 0 Å². The number of nitrogens with one attached hydrogen (secondary N) is 1. The van der Waals surface area contributed by atoms with Crippen LogP contribution in [0.5, 0.6) is 0 Å². The number of likely N-dealkylation sites (tertiary alicyclic amines) is 1. The van der Waals surface area contributed by atoms with Crippen molar-refractivity contribution in [3.05, 3.63) is 35.9 Å². The van der Waals surface area contributed by atoms with E-state index in [0.29, 0.717) is 25.7 Å². The van der Waals surface area contributed by atoms with Gasteiger partial charge in [-0.3, -0.25) is 9.69 Å². The summed E-state index contributed by atoms with van der Waals surface area (Å²) < 4.78 is 0. The maximum atomic E-state index is 11.7. The summed E-state index contributed by atoms with van der Waals surface area (Å²) in [6, 6.07) is 10.8. The minimum Gasteiger partial charge on any atom is -0.354 e. The van der Waals surface area contributed by atoms with Crippen LogP contribution in [0.15, 0.2) is 30.3 Å². The zero-order valence-corrected chi connectivity index (χ0v) is 10.6. The Hall–Kier alpha value is -1.39. The molecule has 3 N–H and O–H groups in total. The van der Waals surface area contributed by atoms with Crippen molar-refractivity contribution >= 4 is 5.91 Å². The van der Waals surface area contributed by atoms with Gasteiger partial charge in [0, 0.05) is 19.1 Å². The molecular weight excluding hydrogens is 226 g/mol. The third kappa shape index (κ3) is 3.31. The van der Waals surface area contributed by atoms with E-state index in [1.807, 2.05) is 6.07 Å². The maximum Gasteiger partial charge on any atom is 0.234 e. The predicted octanol–water partition coefficient (Wildman–Crippen LogP) is 0.898. The van der Waals surface area contributed by atoms with Crippen molar-refractivity contribution in [2.75, 3.05) is 26.2 Å². The summed E-state index contributed by atoms with van der Waals surface area (Å²) in [5, 5.41) is 2.83. The number of carbonyl (C=O) groups is 1. The topological polar surface area (TPSA) is 58.4 Å². The van der Waals surface area contributed by atoms with Gasteiger partial charge >= 0.3 is 0 Å². The van der Waals surface area contributed by atoms with Crippen molar-refractivity contribution in [1.29, 1.82) is 0 Å². The first kappa shape index (κ1) is 13.1. The van der Waals surface area contributed by atoms with E-state index in [0.717, 1.165) is 19.4 Å². The average molecular weight is 247 g/mol. The molecule has 1 aromatic rings. The van der Waals surface area contributed by atoms with Gasteiger partial charge in [-0.05, 0) is 24.9 Å². The van der Waals surface area contributed by atoms with Gasteiger partial charge in [-0.15, -0.1) is 0 Å². The molecule has 0 aliphatic carbocycles. The number of amides is 1. The van der Waals surface area contributed by atoms with Gasteiger partial charge < -0.3 is 11.1 Å². The molecule has 1 amide bonds. The Kier molecular flexibility index (Phi) is 4.73. The lowest BCUT2D eigenvalue weighted by Gasteiger charge is -2.24. The van der Waals surface area contributed by atoms with Crippen molar-refractivity contribution < 1.29 is 4.79 Å². The smallest absolute Gasteiger partial charge is 0.234 e. The second kappa shape index (κ2) is 6.52. The Morgan fingerprint density at radius 3 is 2.89 bits per heavy atom. The van der Waals surface area contributed by atoms with Crippen LogP contribution in [-0.4, -0.2) is 37.0 Å². The van der Waals surface area contributed by atoms with E-state index in [2.05, 4.69) is 34.5 Å².